The molecule has 0 saturated heterocycles. The Labute approximate surface area is 275 Å². The molecule has 0 bridgehead atoms. The first-order valence-electron chi connectivity index (χ1n) is 16.4. The van der Waals surface area contributed by atoms with Crippen molar-refractivity contribution in [2.24, 2.45) is 0 Å². The molecule has 2 heterocycles. The number of hydrogen-bond donors (Lipinski definition) is 0. The minimum Gasteiger partial charge on any atom is -0.456 e. The second kappa shape index (κ2) is 9.57. The highest BCUT2D eigenvalue weighted by molar-refractivity contribution is 6.29. The summed E-state index contributed by atoms with van der Waals surface area (Å²) in [6.45, 7) is 0. The number of fused-ring (bicyclic) bond motifs is 11. The van der Waals surface area contributed by atoms with Crippen molar-refractivity contribution >= 4 is 87.0 Å². The molecule has 11 aromatic rings. The van der Waals surface area contributed by atoms with Gasteiger partial charge in [0.15, 0.2) is 0 Å². The van der Waals surface area contributed by atoms with Gasteiger partial charge in [-0.05, 0) is 83.5 Å². The van der Waals surface area contributed by atoms with E-state index >= 15 is 0 Å². The van der Waals surface area contributed by atoms with Crippen LogP contribution in [0.15, 0.2) is 167 Å². The SMILES string of the molecule is c1ccc2c(-c3c4ccccc4c(-c4cc5oc6cc7oc8ccccc8c7cc6c5c5ccccc45)c4ccccc34)cccc2c1. The van der Waals surface area contributed by atoms with Gasteiger partial charge in [0.25, 0.3) is 0 Å². The van der Waals surface area contributed by atoms with Gasteiger partial charge in [-0.1, -0.05) is 133 Å². The third-order valence-electron chi connectivity index (χ3n) is 10.2. The second-order valence-corrected chi connectivity index (χ2v) is 12.8. The average Bonchev–Trinajstić information content (AvgIpc) is 3.69. The van der Waals surface area contributed by atoms with E-state index in [-0.39, 0.29) is 0 Å². The molecule has 0 aliphatic carbocycles. The van der Waals surface area contributed by atoms with E-state index in [9.17, 15) is 0 Å². The smallest absolute Gasteiger partial charge is 0.139 e. The molecule has 0 amide bonds. The lowest BCUT2D eigenvalue weighted by Gasteiger charge is -2.19. The lowest BCUT2D eigenvalue weighted by atomic mass is 9.83. The lowest BCUT2D eigenvalue weighted by molar-refractivity contribution is 0.656. The predicted molar refractivity (Wildman–Crippen MR) is 202 cm³/mol. The molecule has 0 unspecified atom stereocenters. The Morgan fingerprint density at radius 2 is 0.792 bits per heavy atom. The first-order valence-corrected chi connectivity index (χ1v) is 16.4. The van der Waals surface area contributed by atoms with E-state index in [1.165, 1.54) is 65.3 Å². The third kappa shape index (κ3) is 3.46. The van der Waals surface area contributed by atoms with Gasteiger partial charge < -0.3 is 8.83 Å². The number of furan rings is 2. The van der Waals surface area contributed by atoms with Crippen LogP contribution in [0.3, 0.4) is 0 Å². The van der Waals surface area contributed by atoms with Gasteiger partial charge in [-0.3, -0.25) is 0 Å². The maximum Gasteiger partial charge on any atom is 0.139 e. The summed E-state index contributed by atoms with van der Waals surface area (Å²) in [5.41, 5.74) is 8.36. The van der Waals surface area contributed by atoms with Gasteiger partial charge in [-0.25, -0.2) is 0 Å². The van der Waals surface area contributed by atoms with E-state index in [0.717, 1.165) is 43.9 Å². The van der Waals surface area contributed by atoms with E-state index in [0.29, 0.717) is 0 Å². The van der Waals surface area contributed by atoms with Crippen molar-refractivity contribution in [2.75, 3.05) is 0 Å². The molecule has 2 aromatic heterocycles. The Kier molecular flexibility index (Phi) is 5.14. The molecule has 48 heavy (non-hydrogen) atoms. The zero-order valence-electron chi connectivity index (χ0n) is 25.8. The second-order valence-electron chi connectivity index (χ2n) is 12.8. The highest BCUT2D eigenvalue weighted by Gasteiger charge is 2.22. The summed E-state index contributed by atoms with van der Waals surface area (Å²) in [5.74, 6) is 0. The van der Waals surface area contributed by atoms with Crippen LogP contribution < -0.4 is 0 Å². The van der Waals surface area contributed by atoms with Crippen LogP contribution in [-0.2, 0) is 0 Å². The zero-order chi connectivity index (χ0) is 31.3. The van der Waals surface area contributed by atoms with Gasteiger partial charge in [-0.2, -0.15) is 0 Å². The van der Waals surface area contributed by atoms with Gasteiger partial charge in [0.2, 0.25) is 0 Å². The summed E-state index contributed by atoms with van der Waals surface area (Å²) in [6.07, 6.45) is 0. The maximum absolute atomic E-state index is 6.73. The van der Waals surface area contributed by atoms with Crippen LogP contribution in [0.25, 0.3) is 109 Å². The molecule has 2 nitrogen and oxygen atoms in total. The molecule has 222 valence electrons. The Bertz CT molecular complexity index is 3060. The Hall–Kier alpha value is -6.38. The molecule has 0 spiro atoms. The fraction of sp³-hybridized carbons (Fsp3) is 0. The van der Waals surface area contributed by atoms with Crippen molar-refractivity contribution in [2.45, 2.75) is 0 Å². The van der Waals surface area contributed by atoms with E-state index in [1.807, 2.05) is 12.1 Å². The molecule has 0 N–H and O–H groups in total. The summed E-state index contributed by atoms with van der Waals surface area (Å²) in [6, 6.07) is 56.7. The molecular weight excluding hydrogens is 585 g/mol. The predicted octanol–water partition coefficient (Wildman–Crippen LogP) is 13.4. The van der Waals surface area contributed by atoms with E-state index < -0.39 is 0 Å². The van der Waals surface area contributed by atoms with Crippen LogP contribution in [0.5, 0.6) is 0 Å². The Morgan fingerprint density at radius 1 is 0.271 bits per heavy atom. The van der Waals surface area contributed by atoms with Gasteiger partial charge in [0.05, 0.1) is 0 Å². The number of hydrogen-bond acceptors (Lipinski definition) is 2. The minimum atomic E-state index is 0.833. The van der Waals surface area contributed by atoms with Crippen molar-refractivity contribution in [1.82, 2.24) is 0 Å². The molecule has 0 saturated carbocycles. The molecule has 0 aliphatic heterocycles. The van der Waals surface area contributed by atoms with E-state index in [2.05, 4.69) is 146 Å². The largest absolute Gasteiger partial charge is 0.456 e. The van der Waals surface area contributed by atoms with Crippen LogP contribution in [0.1, 0.15) is 0 Å². The quantitative estimate of drug-likeness (QED) is 0.182. The maximum atomic E-state index is 6.73. The van der Waals surface area contributed by atoms with Crippen molar-refractivity contribution in [3.63, 3.8) is 0 Å². The number of para-hydroxylation sites is 1. The minimum absolute atomic E-state index is 0.833. The normalized spacial score (nSPS) is 12.2. The Morgan fingerprint density at radius 3 is 1.52 bits per heavy atom. The number of rotatable bonds is 2. The highest BCUT2D eigenvalue weighted by Crippen LogP contribution is 2.49. The van der Waals surface area contributed by atoms with Crippen molar-refractivity contribution < 1.29 is 8.83 Å². The fourth-order valence-electron chi connectivity index (χ4n) is 8.22. The highest BCUT2D eigenvalue weighted by atomic mass is 16.3. The van der Waals surface area contributed by atoms with Crippen LogP contribution in [-0.4, -0.2) is 0 Å². The van der Waals surface area contributed by atoms with Gasteiger partial charge >= 0.3 is 0 Å². The zero-order valence-corrected chi connectivity index (χ0v) is 25.8. The van der Waals surface area contributed by atoms with Gasteiger partial charge in [-0.15, -0.1) is 0 Å². The summed E-state index contributed by atoms with van der Waals surface area (Å²) in [4.78, 5) is 0. The molecule has 0 fully saturated rings. The molecule has 0 atom stereocenters. The summed E-state index contributed by atoms with van der Waals surface area (Å²) in [5, 5.41) is 14.3. The third-order valence-corrected chi connectivity index (χ3v) is 10.2. The van der Waals surface area contributed by atoms with Crippen LogP contribution in [0.2, 0.25) is 0 Å². The molecule has 0 radical (unpaired) electrons. The summed E-state index contributed by atoms with van der Waals surface area (Å²) < 4.78 is 13.0. The first-order chi connectivity index (χ1) is 23.8. The van der Waals surface area contributed by atoms with E-state index in [4.69, 9.17) is 8.83 Å². The standard InChI is InChI=1S/C46H26O2/c1-2-14-28-27(12-1)13-11-22-31(28)44-33-18-5-7-20-35(33)45(36-21-8-6-19-34(36)44)38-25-43-46(32-17-4-3-15-29(32)38)39-24-37-30-16-9-10-23-40(30)47-41(37)26-42(39)48-43/h1-26H. The molecule has 0 aliphatic rings. The van der Waals surface area contributed by atoms with Crippen molar-refractivity contribution in [1.29, 1.82) is 0 Å². The average molecular weight is 611 g/mol. The summed E-state index contributed by atoms with van der Waals surface area (Å²) >= 11 is 0. The van der Waals surface area contributed by atoms with Crippen molar-refractivity contribution in [3.05, 3.63) is 158 Å². The molecule has 2 heteroatoms. The van der Waals surface area contributed by atoms with E-state index in [1.54, 1.807) is 0 Å². The first kappa shape index (κ1) is 25.8. The van der Waals surface area contributed by atoms with Crippen molar-refractivity contribution in [3.8, 4) is 22.3 Å². The monoisotopic (exact) mass is 610 g/mol. The lowest BCUT2D eigenvalue weighted by Crippen LogP contribution is -1.92. The number of benzene rings is 9. The van der Waals surface area contributed by atoms with Gasteiger partial charge in [0.1, 0.15) is 22.3 Å². The molecule has 11 rings (SSSR count). The molecule has 9 aromatic carbocycles. The van der Waals surface area contributed by atoms with Crippen LogP contribution >= 0.6 is 0 Å². The van der Waals surface area contributed by atoms with Crippen LogP contribution in [0, 0.1) is 0 Å². The Balaban J connectivity index is 1.28. The topological polar surface area (TPSA) is 26.3 Å². The van der Waals surface area contributed by atoms with Crippen LogP contribution in [0.4, 0.5) is 0 Å². The molecular formula is C46H26O2. The van der Waals surface area contributed by atoms with Gasteiger partial charge in [0, 0.05) is 27.6 Å². The fourth-order valence-corrected chi connectivity index (χ4v) is 8.22. The summed E-state index contributed by atoms with van der Waals surface area (Å²) in [7, 11) is 0.